The molecule has 4 heteroatoms. The first-order valence-electron chi connectivity index (χ1n) is 7.35. The van der Waals surface area contributed by atoms with E-state index in [9.17, 15) is 4.79 Å². The van der Waals surface area contributed by atoms with Gasteiger partial charge in [0, 0.05) is 5.69 Å². The van der Waals surface area contributed by atoms with Gasteiger partial charge in [-0.1, -0.05) is 20.8 Å². The molecule has 20 heavy (non-hydrogen) atoms. The van der Waals surface area contributed by atoms with Gasteiger partial charge in [0.2, 0.25) is 5.91 Å². The molecular formula is C16H26N2O2. The van der Waals surface area contributed by atoms with E-state index in [1.54, 1.807) is 0 Å². The van der Waals surface area contributed by atoms with Crippen molar-refractivity contribution in [2.24, 2.45) is 5.92 Å². The third kappa shape index (κ3) is 7.14. The number of ether oxygens (including phenoxy) is 1. The van der Waals surface area contributed by atoms with E-state index in [1.165, 1.54) is 0 Å². The first-order valence-corrected chi connectivity index (χ1v) is 7.35. The second-order valence-corrected chi connectivity index (χ2v) is 5.28. The van der Waals surface area contributed by atoms with Gasteiger partial charge in [-0.25, -0.2) is 0 Å². The van der Waals surface area contributed by atoms with Gasteiger partial charge in [0.1, 0.15) is 5.75 Å². The summed E-state index contributed by atoms with van der Waals surface area (Å²) < 4.78 is 5.63. The molecule has 0 fully saturated rings. The van der Waals surface area contributed by atoms with Crippen LogP contribution in [-0.2, 0) is 4.79 Å². The number of rotatable bonds is 9. The minimum absolute atomic E-state index is 0.0214. The lowest BCUT2D eigenvalue weighted by molar-refractivity contribution is -0.115. The van der Waals surface area contributed by atoms with Gasteiger partial charge in [-0.15, -0.1) is 0 Å². The second-order valence-electron chi connectivity index (χ2n) is 5.28. The fraction of sp³-hybridized carbons (Fsp3) is 0.562. The quantitative estimate of drug-likeness (QED) is 0.683. The van der Waals surface area contributed by atoms with Crippen LogP contribution in [0.1, 0.15) is 33.6 Å². The van der Waals surface area contributed by atoms with E-state index in [4.69, 9.17) is 4.74 Å². The van der Waals surface area contributed by atoms with Crippen LogP contribution in [0, 0.1) is 5.92 Å². The van der Waals surface area contributed by atoms with Crippen LogP contribution < -0.4 is 15.4 Å². The maximum absolute atomic E-state index is 11.6. The van der Waals surface area contributed by atoms with Gasteiger partial charge in [0.15, 0.2) is 0 Å². The minimum Gasteiger partial charge on any atom is -0.494 e. The molecule has 0 bridgehead atoms. The van der Waals surface area contributed by atoms with E-state index in [2.05, 4.69) is 31.4 Å². The van der Waals surface area contributed by atoms with E-state index < -0.39 is 0 Å². The Morgan fingerprint density at radius 3 is 2.55 bits per heavy atom. The number of hydrogen-bond acceptors (Lipinski definition) is 3. The summed E-state index contributed by atoms with van der Waals surface area (Å²) in [6.45, 7) is 8.35. The van der Waals surface area contributed by atoms with Gasteiger partial charge < -0.3 is 15.4 Å². The van der Waals surface area contributed by atoms with E-state index in [-0.39, 0.29) is 5.91 Å². The zero-order chi connectivity index (χ0) is 14.8. The van der Waals surface area contributed by atoms with E-state index in [1.807, 2.05) is 24.3 Å². The molecule has 1 aromatic rings. The third-order valence-electron chi connectivity index (χ3n) is 2.81. The molecule has 2 N–H and O–H groups in total. The van der Waals surface area contributed by atoms with Crippen molar-refractivity contribution < 1.29 is 9.53 Å². The molecule has 1 amide bonds. The fourth-order valence-electron chi connectivity index (χ4n) is 1.63. The highest BCUT2D eigenvalue weighted by Crippen LogP contribution is 2.16. The number of carbonyl (C=O) groups is 1. The first-order chi connectivity index (χ1) is 9.61. The Bertz CT molecular complexity index is 388. The summed E-state index contributed by atoms with van der Waals surface area (Å²) in [6, 6.07) is 7.50. The average Bonchev–Trinajstić information content (AvgIpc) is 2.41. The average molecular weight is 278 g/mol. The number of amides is 1. The molecule has 4 nitrogen and oxygen atoms in total. The summed E-state index contributed by atoms with van der Waals surface area (Å²) in [5.74, 6) is 1.46. The number of nitrogens with one attached hydrogen (secondary N) is 2. The molecule has 0 heterocycles. The summed E-state index contributed by atoms with van der Waals surface area (Å²) >= 11 is 0. The summed E-state index contributed by atoms with van der Waals surface area (Å²) in [6.07, 6.45) is 2.07. The minimum atomic E-state index is -0.0214. The Hall–Kier alpha value is -1.55. The molecule has 0 spiro atoms. The summed E-state index contributed by atoms with van der Waals surface area (Å²) in [7, 11) is 0. The third-order valence-corrected chi connectivity index (χ3v) is 2.81. The molecule has 1 rings (SSSR count). The van der Waals surface area contributed by atoms with Gasteiger partial charge in [0.25, 0.3) is 0 Å². The van der Waals surface area contributed by atoms with Crippen molar-refractivity contribution in [1.82, 2.24) is 5.32 Å². The van der Waals surface area contributed by atoms with Crippen LogP contribution in [0.4, 0.5) is 5.69 Å². The van der Waals surface area contributed by atoms with Crippen LogP contribution in [0.2, 0.25) is 0 Å². The molecule has 0 aliphatic heterocycles. The Morgan fingerprint density at radius 1 is 1.25 bits per heavy atom. The lowest BCUT2D eigenvalue weighted by Crippen LogP contribution is -2.28. The van der Waals surface area contributed by atoms with Crippen LogP contribution in [0.15, 0.2) is 24.3 Å². The van der Waals surface area contributed by atoms with Crippen LogP contribution in [0.5, 0.6) is 5.75 Å². The topological polar surface area (TPSA) is 50.4 Å². The van der Waals surface area contributed by atoms with Crippen molar-refractivity contribution in [3.8, 4) is 5.75 Å². The van der Waals surface area contributed by atoms with Crippen molar-refractivity contribution in [2.45, 2.75) is 33.6 Å². The molecule has 0 aliphatic rings. The van der Waals surface area contributed by atoms with Gasteiger partial charge in [0.05, 0.1) is 13.2 Å². The molecule has 0 aliphatic carbocycles. The maximum Gasteiger partial charge on any atom is 0.238 e. The fourth-order valence-corrected chi connectivity index (χ4v) is 1.63. The molecular weight excluding hydrogens is 252 g/mol. The number of carbonyl (C=O) groups excluding carboxylic acids is 1. The number of benzene rings is 1. The number of hydrogen-bond donors (Lipinski definition) is 2. The van der Waals surface area contributed by atoms with Crippen molar-refractivity contribution in [3.05, 3.63) is 24.3 Å². The molecule has 0 radical (unpaired) electrons. The molecule has 112 valence electrons. The van der Waals surface area contributed by atoms with Crippen LogP contribution in [-0.4, -0.2) is 25.6 Å². The maximum atomic E-state index is 11.6. The highest BCUT2D eigenvalue weighted by molar-refractivity contribution is 5.92. The zero-order valence-electron chi connectivity index (χ0n) is 12.7. The first kappa shape index (κ1) is 16.5. The van der Waals surface area contributed by atoms with Gasteiger partial charge >= 0.3 is 0 Å². The largest absolute Gasteiger partial charge is 0.494 e. The SMILES string of the molecule is CCCNCC(=O)Nc1ccc(OCCC(C)C)cc1. The Labute approximate surface area is 121 Å². The van der Waals surface area contributed by atoms with Gasteiger partial charge in [-0.05, 0) is 49.6 Å². The predicted octanol–water partition coefficient (Wildman–Crippen LogP) is 3.05. The van der Waals surface area contributed by atoms with E-state index in [0.29, 0.717) is 12.5 Å². The molecule has 1 aromatic carbocycles. The lowest BCUT2D eigenvalue weighted by atomic mass is 10.1. The van der Waals surface area contributed by atoms with E-state index in [0.717, 1.165) is 37.4 Å². The van der Waals surface area contributed by atoms with Crippen molar-refractivity contribution >= 4 is 11.6 Å². The Morgan fingerprint density at radius 2 is 1.95 bits per heavy atom. The highest BCUT2D eigenvalue weighted by atomic mass is 16.5. The summed E-state index contributed by atoms with van der Waals surface area (Å²) in [5.41, 5.74) is 0.796. The second kappa shape index (κ2) is 9.37. The van der Waals surface area contributed by atoms with Gasteiger partial charge in [-0.2, -0.15) is 0 Å². The normalized spacial score (nSPS) is 10.6. The van der Waals surface area contributed by atoms with Crippen molar-refractivity contribution in [2.75, 3.05) is 25.0 Å². The van der Waals surface area contributed by atoms with E-state index >= 15 is 0 Å². The summed E-state index contributed by atoms with van der Waals surface area (Å²) in [5, 5.41) is 5.91. The predicted molar refractivity (Wildman–Crippen MR) is 83.2 cm³/mol. The van der Waals surface area contributed by atoms with Crippen LogP contribution in [0.25, 0.3) is 0 Å². The summed E-state index contributed by atoms with van der Waals surface area (Å²) in [4.78, 5) is 11.6. The molecule has 0 aromatic heterocycles. The standard InChI is InChI=1S/C16H26N2O2/c1-4-10-17-12-16(19)18-14-5-7-15(8-6-14)20-11-9-13(2)3/h5-8,13,17H,4,9-12H2,1-3H3,(H,18,19). The molecule has 0 unspecified atom stereocenters. The lowest BCUT2D eigenvalue weighted by Gasteiger charge is -2.09. The smallest absolute Gasteiger partial charge is 0.238 e. The molecule has 0 saturated heterocycles. The number of anilines is 1. The monoisotopic (exact) mass is 278 g/mol. The molecule has 0 atom stereocenters. The Balaban J connectivity index is 2.32. The van der Waals surface area contributed by atoms with Crippen molar-refractivity contribution in [3.63, 3.8) is 0 Å². The van der Waals surface area contributed by atoms with Crippen LogP contribution in [0.3, 0.4) is 0 Å². The van der Waals surface area contributed by atoms with Crippen LogP contribution >= 0.6 is 0 Å². The van der Waals surface area contributed by atoms with Crippen molar-refractivity contribution in [1.29, 1.82) is 0 Å². The molecule has 0 saturated carbocycles. The van der Waals surface area contributed by atoms with Gasteiger partial charge in [-0.3, -0.25) is 4.79 Å². The highest BCUT2D eigenvalue weighted by Gasteiger charge is 2.02. The Kier molecular flexibility index (Phi) is 7.73. The zero-order valence-corrected chi connectivity index (χ0v) is 12.7.